The predicted molar refractivity (Wildman–Crippen MR) is 48.3 cm³/mol. The fourth-order valence-corrected chi connectivity index (χ4v) is 0.839. The molecule has 0 aliphatic carbocycles. The Hall–Kier alpha value is -1.56. The maximum Gasteiger partial charge on any atom is 0.411 e. The highest BCUT2D eigenvalue weighted by Gasteiger charge is 2.24. The van der Waals surface area contributed by atoms with Crippen molar-refractivity contribution < 1.29 is 19.5 Å². The Kier molecular flexibility index (Phi) is 2.76. The Morgan fingerprint density at radius 1 is 1.71 bits per heavy atom. The van der Waals surface area contributed by atoms with Crippen LogP contribution in [0.1, 0.15) is 19.5 Å². The third-order valence-electron chi connectivity index (χ3n) is 1.83. The SMILES string of the molecule is CC(C)(CO)c1cc(NC(=O)O)on1. The number of aromatic nitrogens is 1. The highest BCUT2D eigenvalue weighted by molar-refractivity contribution is 5.80. The van der Waals surface area contributed by atoms with Crippen LogP contribution < -0.4 is 5.32 Å². The molecule has 0 radical (unpaired) electrons. The van der Waals surface area contributed by atoms with E-state index < -0.39 is 11.5 Å². The van der Waals surface area contributed by atoms with Gasteiger partial charge in [0.05, 0.1) is 12.3 Å². The standard InChI is InChI=1S/C8H12N2O4/c1-8(2,4-11)5-3-6(14-10-5)9-7(12)13/h3,9,11H,4H2,1-2H3,(H,12,13). The number of rotatable bonds is 3. The van der Waals surface area contributed by atoms with Gasteiger partial charge in [0, 0.05) is 11.5 Å². The summed E-state index contributed by atoms with van der Waals surface area (Å²) in [6.45, 7) is 3.46. The Balaban J connectivity index is 2.82. The molecule has 14 heavy (non-hydrogen) atoms. The molecule has 78 valence electrons. The Bertz CT molecular complexity index is 332. The fourth-order valence-electron chi connectivity index (χ4n) is 0.839. The summed E-state index contributed by atoms with van der Waals surface area (Å²) in [7, 11) is 0. The van der Waals surface area contributed by atoms with Crippen LogP contribution in [0.25, 0.3) is 0 Å². The van der Waals surface area contributed by atoms with Crippen LogP contribution in [-0.4, -0.2) is 28.1 Å². The number of nitrogens with one attached hydrogen (secondary N) is 1. The number of hydrogen-bond donors (Lipinski definition) is 3. The van der Waals surface area contributed by atoms with Gasteiger partial charge >= 0.3 is 6.09 Å². The van der Waals surface area contributed by atoms with Crippen LogP contribution in [0.3, 0.4) is 0 Å². The van der Waals surface area contributed by atoms with Crippen LogP contribution in [0.15, 0.2) is 10.6 Å². The average Bonchev–Trinajstić information content (AvgIpc) is 2.52. The molecular weight excluding hydrogens is 188 g/mol. The first-order valence-electron chi connectivity index (χ1n) is 4.04. The number of carboxylic acid groups (broad SMARTS) is 1. The summed E-state index contributed by atoms with van der Waals surface area (Å²) < 4.78 is 4.71. The summed E-state index contributed by atoms with van der Waals surface area (Å²) in [4.78, 5) is 10.2. The van der Waals surface area contributed by atoms with E-state index in [4.69, 9.17) is 14.7 Å². The van der Waals surface area contributed by atoms with Gasteiger partial charge in [0.1, 0.15) is 0 Å². The van der Waals surface area contributed by atoms with Gasteiger partial charge in [-0.1, -0.05) is 19.0 Å². The predicted octanol–water partition coefficient (Wildman–Crippen LogP) is 1.03. The monoisotopic (exact) mass is 200 g/mol. The number of aliphatic hydroxyl groups is 1. The third-order valence-corrected chi connectivity index (χ3v) is 1.83. The quantitative estimate of drug-likeness (QED) is 0.677. The highest BCUT2D eigenvalue weighted by Crippen LogP contribution is 2.23. The smallest absolute Gasteiger partial charge is 0.411 e. The van der Waals surface area contributed by atoms with Crippen molar-refractivity contribution in [2.24, 2.45) is 0 Å². The minimum Gasteiger partial charge on any atom is -0.465 e. The van der Waals surface area contributed by atoms with Gasteiger partial charge in [-0.05, 0) is 0 Å². The Morgan fingerprint density at radius 3 is 2.86 bits per heavy atom. The van der Waals surface area contributed by atoms with Gasteiger partial charge in [-0.25, -0.2) is 4.79 Å². The number of anilines is 1. The molecule has 0 saturated heterocycles. The van der Waals surface area contributed by atoms with E-state index in [1.807, 2.05) is 5.32 Å². The van der Waals surface area contributed by atoms with E-state index in [1.54, 1.807) is 13.8 Å². The molecule has 0 aliphatic heterocycles. The first-order valence-corrected chi connectivity index (χ1v) is 4.04. The number of nitrogens with zero attached hydrogens (tertiary/aromatic N) is 1. The van der Waals surface area contributed by atoms with E-state index in [1.165, 1.54) is 6.07 Å². The molecule has 3 N–H and O–H groups in total. The van der Waals surface area contributed by atoms with E-state index in [0.717, 1.165) is 0 Å². The van der Waals surface area contributed by atoms with E-state index >= 15 is 0 Å². The van der Waals surface area contributed by atoms with Crippen molar-refractivity contribution in [3.8, 4) is 0 Å². The van der Waals surface area contributed by atoms with Crippen LogP contribution >= 0.6 is 0 Å². The summed E-state index contributed by atoms with van der Waals surface area (Å²) in [5.41, 5.74) is -0.0363. The molecule has 6 heteroatoms. The second-order valence-electron chi connectivity index (χ2n) is 3.55. The summed E-state index contributed by atoms with van der Waals surface area (Å²) in [6, 6.07) is 1.45. The molecule has 6 nitrogen and oxygen atoms in total. The van der Waals surface area contributed by atoms with Gasteiger partial charge in [0.15, 0.2) is 0 Å². The number of amides is 1. The number of aliphatic hydroxyl groups excluding tert-OH is 1. The van der Waals surface area contributed by atoms with Gasteiger partial charge < -0.3 is 14.7 Å². The van der Waals surface area contributed by atoms with E-state index in [0.29, 0.717) is 5.69 Å². The van der Waals surface area contributed by atoms with Gasteiger partial charge in [-0.15, -0.1) is 0 Å². The molecule has 0 aromatic carbocycles. The van der Waals surface area contributed by atoms with Crippen LogP contribution in [0.5, 0.6) is 0 Å². The second kappa shape index (κ2) is 3.67. The molecule has 1 aromatic heterocycles. The maximum atomic E-state index is 10.2. The largest absolute Gasteiger partial charge is 0.465 e. The number of hydrogen-bond acceptors (Lipinski definition) is 4. The average molecular weight is 200 g/mol. The van der Waals surface area contributed by atoms with Gasteiger partial charge in [0.2, 0.25) is 5.88 Å². The van der Waals surface area contributed by atoms with Crippen LogP contribution in [-0.2, 0) is 5.41 Å². The molecule has 1 amide bonds. The first kappa shape index (κ1) is 10.5. The topological polar surface area (TPSA) is 95.6 Å². The van der Waals surface area contributed by atoms with Crippen molar-refractivity contribution in [1.29, 1.82) is 0 Å². The molecule has 0 spiro atoms. The van der Waals surface area contributed by atoms with Crippen molar-refractivity contribution in [2.45, 2.75) is 19.3 Å². The lowest BCUT2D eigenvalue weighted by atomic mass is 9.91. The molecule has 0 unspecified atom stereocenters. The first-order chi connectivity index (χ1) is 6.45. The van der Waals surface area contributed by atoms with Gasteiger partial charge in [-0.2, -0.15) is 0 Å². The van der Waals surface area contributed by atoms with Gasteiger partial charge in [-0.3, -0.25) is 5.32 Å². The summed E-state index contributed by atoms with van der Waals surface area (Å²) in [5, 5.41) is 23.1. The fraction of sp³-hybridized carbons (Fsp3) is 0.500. The Morgan fingerprint density at radius 2 is 2.36 bits per heavy atom. The zero-order valence-electron chi connectivity index (χ0n) is 7.94. The van der Waals surface area contributed by atoms with Crippen molar-refractivity contribution in [2.75, 3.05) is 11.9 Å². The van der Waals surface area contributed by atoms with Crippen molar-refractivity contribution in [3.63, 3.8) is 0 Å². The van der Waals surface area contributed by atoms with Crippen LogP contribution in [0, 0.1) is 0 Å². The lowest BCUT2D eigenvalue weighted by molar-refractivity contribution is 0.207. The lowest BCUT2D eigenvalue weighted by Gasteiger charge is -2.16. The Labute approximate surface area is 80.5 Å². The molecule has 0 aliphatic rings. The highest BCUT2D eigenvalue weighted by atomic mass is 16.5. The summed E-state index contributed by atoms with van der Waals surface area (Å²) in [5.74, 6) is 0.0500. The zero-order valence-corrected chi connectivity index (χ0v) is 7.94. The van der Waals surface area contributed by atoms with Crippen LogP contribution in [0.4, 0.5) is 10.7 Å². The van der Waals surface area contributed by atoms with Crippen LogP contribution in [0.2, 0.25) is 0 Å². The van der Waals surface area contributed by atoms with Crippen molar-refractivity contribution >= 4 is 12.0 Å². The molecule has 1 heterocycles. The molecular formula is C8H12N2O4. The molecule has 1 rings (SSSR count). The molecule has 1 aromatic rings. The van der Waals surface area contributed by atoms with E-state index in [-0.39, 0.29) is 12.5 Å². The molecule has 0 atom stereocenters. The maximum absolute atomic E-state index is 10.2. The van der Waals surface area contributed by atoms with E-state index in [9.17, 15) is 4.79 Å². The van der Waals surface area contributed by atoms with Gasteiger partial charge in [0.25, 0.3) is 0 Å². The van der Waals surface area contributed by atoms with Crippen molar-refractivity contribution in [3.05, 3.63) is 11.8 Å². The van der Waals surface area contributed by atoms with E-state index in [2.05, 4.69) is 5.16 Å². The summed E-state index contributed by atoms with van der Waals surface area (Å²) >= 11 is 0. The minimum atomic E-state index is -1.21. The minimum absolute atomic E-state index is 0.0500. The third kappa shape index (κ3) is 2.23. The molecule has 0 bridgehead atoms. The zero-order chi connectivity index (χ0) is 10.8. The summed E-state index contributed by atoms with van der Waals surface area (Å²) in [6.07, 6.45) is -1.21. The number of carbonyl (C=O) groups is 1. The van der Waals surface area contributed by atoms with Crippen molar-refractivity contribution in [1.82, 2.24) is 5.16 Å². The lowest BCUT2D eigenvalue weighted by Crippen LogP contribution is -2.22. The molecule has 0 saturated carbocycles. The normalized spacial score (nSPS) is 11.4. The second-order valence-corrected chi connectivity index (χ2v) is 3.55. The molecule has 0 fully saturated rings.